The summed E-state index contributed by atoms with van der Waals surface area (Å²) in [4.78, 5) is 12.8. The lowest BCUT2D eigenvalue weighted by molar-refractivity contribution is 0.0200. The van der Waals surface area contributed by atoms with Crippen molar-refractivity contribution < 1.29 is 9.53 Å². The Bertz CT molecular complexity index is 448. The molecule has 0 aromatic heterocycles. The van der Waals surface area contributed by atoms with Crippen molar-refractivity contribution >= 4 is 5.78 Å². The first-order valence-electron chi connectivity index (χ1n) is 6.49. The average molecular weight is 247 g/mol. The Hall–Kier alpha value is -1.19. The zero-order chi connectivity index (χ0) is 13.2. The summed E-state index contributed by atoms with van der Waals surface area (Å²) in [6, 6.07) is 6.02. The van der Waals surface area contributed by atoms with Gasteiger partial charge in [-0.05, 0) is 38.3 Å². The predicted molar refractivity (Wildman–Crippen MR) is 71.8 cm³/mol. The minimum absolute atomic E-state index is 0.189. The molecule has 1 aromatic carbocycles. The van der Waals surface area contributed by atoms with Gasteiger partial charge in [-0.3, -0.25) is 4.79 Å². The standard InChI is InChI=1S/C15H21NO2/c1-11-3-4-12(2)13(9-11)14(17)15(10-16)5-7-18-8-6-15/h3-4,9H,5-8,10,16H2,1-2H3. The van der Waals surface area contributed by atoms with Gasteiger partial charge in [0, 0.05) is 25.3 Å². The number of aryl methyl sites for hydroxylation is 2. The number of nitrogens with two attached hydrogens (primary N) is 1. The summed E-state index contributed by atoms with van der Waals surface area (Å²) >= 11 is 0. The van der Waals surface area contributed by atoms with Gasteiger partial charge >= 0.3 is 0 Å². The molecule has 98 valence electrons. The van der Waals surface area contributed by atoms with Gasteiger partial charge in [-0.2, -0.15) is 0 Å². The fourth-order valence-electron chi connectivity index (χ4n) is 2.55. The normalized spacial score (nSPS) is 18.6. The van der Waals surface area contributed by atoms with Crippen LogP contribution in [0.4, 0.5) is 0 Å². The largest absolute Gasteiger partial charge is 0.381 e. The summed E-state index contributed by atoms with van der Waals surface area (Å²) in [6.07, 6.45) is 1.46. The van der Waals surface area contributed by atoms with Gasteiger partial charge in [-0.1, -0.05) is 17.7 Å². The molecule has 1 aromatic rings. The van der Waals surface area contributed by atoms with Crippen molar-refractivity contribution in [2.45, 2.75) is 26.7 Å². The molecule has 0 radical (unpaired) electrons. The zero-order valence-electron chi connectivity index (χ0n) is 11.2. The molecule has 2 N–H and O–H groups in total. The number of carbonyl (C=O) groups excluding carboxylic acids is 1. The van der Waals surface area contributed by atoms with E-state index in [1.165, 1.54) is 0 Å². The highest BCUT2D eigenvalue weighted by Gasteiger charge is 2.39. The number of Topliss-reactive ketones (excluding diaryl/α,β-unsaturated/α-hetero) is 1. The van der Waals surface area contributed by atoms with Crippen LogP contribution in [-0.2, 0) is 4.74 Å². The molecule has 3 nitrogen and oxygen atoms in total. The molecule has 0 amide bonds. The lowest BCUT2D eigenvalue weighted by Gasteiger charge is -2.35. The van der Waals surface area contributed by atoms with Crippen molar-refractivity contribution in [3.8, 4) is 0 Å². The molecule has 18 heavy (non-hydrogen) atoms. The van der Waals surface area contributed by atoms with Crippen LogP contribution in [0.1, 0.15) is 34.3 Å². The second kappa shape index (κ2) is 5.21. The molecule has 3 heteroatoms. The number of rotatable bonds is 3. The van der Waals surface area contributed by atoms with Gasteiger partial charge in [0.2, 0.25) is 0 Å². The van der Waals surface area contributed by atoms with Gasteiger partial charge in [-0.25, -0.2) is 0 Å². The summed E-state index contributed by atoms with van der Waals surface area (Å²) in [5, 5.41) is 0. The Morgan fingerprint density at radius 3 is 2.61 bits per heavy atom. The second-order valence-electron chi connectivity index (χ2n) is 5.24. The molecule has 0 atom stereocenters. The number of hydrogen-bond acceptors (Lipinski definition) is 3. The smallest absolute Gasteiger partial charge is 0.170 e. The minimum atomic E-state index is -0.420. The Morgan fingerprint density at radius 2 is 2.00 bits per heavy atom. The fraction of sp³-hybridized carbons (Fsp3) is 0.533. The molecule has 0 saturated carbocycles. The van der Waals surface area contributed by atoms with Gasteiger partial charge in [0.15, 0.2) is 5.78 Å². The maximum absolute atomic E-state index is 12.8. The van der Waals surface area contributed by atoms with E-state index >= 15 is 0 Å². The van der Waals surface area contributed by atoms with E-state index in [2.05, 4.69) is 0 Å². The second-order valence-corrected chi connectivity index (χ2v) is 5.24. The predicted octanol–water partition coefficient (Wildman–Crippen LogP) is 2.24. The molecule has 0 bridgehead atoms. The maximum atomic E-state index is 12.8. The van der Waals surface area contributed by atoms with Gasteiger partial charge in [0.1, 0.15) is 0 Å². The van der Waals surface area contributed by atoms with Gasteiger partial charge in [0.25, 0.3) is 0 Å². The summed E-state index contributed by atoms with van der Waals surface area (Å²) in [6.45, 7) is 5.66. The van der Waals surface area contributed by atoms with Crippen LogP contribution in [-0.4, -0.2) is 25.5 Å². The quantitative estimate of drug-likeness (QED) is 0.833. The third-order valence-electron chi connectivity index (χ3n) is 3.96. The van der Waals surface area contributed by atoms with Gasteiger partial charge in [-0.15, -0.1) is 0 Å². The number of carbonyl (C=O) groups is 1. The van der Waals surface area contributed by atoms with Crippen LogP contribution in [0.5, 0.6) is 0 Å². The van der Waals surface area contributed by atoms with E-state index < -0.39 is 5.41 Å². The number of hydrogen-bond donors (Lipinski definition) is 1. The molecule has 0 aliphatic carbocycles. The zero-order valence-corrected chi connectivity index (χ0v) is 11.2. The molecule has 1 saturated heterocycles. The van der Waals surface area contributed by atoms with Crippen LogP contribution in [0.2, 0.25) is 0 Å². The maximum Gasteiger partial charge on any atom is 0.170 e. The Kier molecular flexibility index (Phi) is 3.83. The monoisotopic (exact) mass is 247 g/mol. The number of ether oxygens (including phenoxy) is 1. The van der Waals surface area contributed by atoms with E-state index in [0.717, 1.165) is 29.5 Å². The first-order valence-corrected chi connectivity index (χ1v) is 6.49. The molecule has 1 heterocycles. The lowest BCUT2D eigenvalue weighted by atomic mass is 9.73. The fourth-order valence-corrected chi connectivity index (χ4v) is 2.55. The first kappa shape index (κ1) is 13.2. The van der Waals surface area contributed by atoms with Crippen LogP contribution in [0.3, 0.4) is 0 Å². The number of ketones is 1. The summed E-state index contributed by atoms with van der Waals surface area (Å²) in [5.74, 6) is 0.189. The molecule has 0 unspecified atom stereocenters. The van der Waals surface area contributed by atoms with E-state index in [-0.39, 0.29) is 5.78 Å². The Labute approximate surface area is 108 Å². The van der Waals surface area contributed by atoms with Crippen LogP contribution >= 0.6 is 0 Å². The SMILES string of the molecule is Cc1ccc(C)c(C(=O)C2(CN)CCOCC2)c1. The van der Waals surface area contributed by atoms with E-state index in [9.17, 15) is 4.79 Å². The average Bonchev–Trinajstić information content (AvgIpc) is 2.41. The van der Waals surface area contributed by atoms with Crippen LogP contribution < -0.4 is 5.73 Å². The van der Waals surface area contributed by atoms with Crippen molar-refractivity contribution in [2.75, 3.05) is 19.8 Å². The highest BCUT2D eigenvalue weighted by Crippen LogP contribution is 2.34. The summed E-state index contributed by atoms with van der Waals surface area (Å²) in [7, 11) is 0. The van der Waals surface area contributed by atoms with Crippen molar-refractivity contribution in [3.05, 3.63) is 34.9 Å². The molecule has 2 rings (SSSR count). The van der Waals surface area contributed by atoms with Crippen LogP contribution in [0, 0.1) is 19.3 Å². The molecule has 1 aliphatic rings. The van der Waals surface area contributed by atoms with E-state index in [1.54, 1.807) is 0 Å². The summed E-state index contributed by atoms with van der Waals surface area (Å²) < 4.78 is 5.36. The molecule has 1 fully saturated rings. The molecular weight excluding hydrogens is 226 g/mol. The highest BCUT2D eigenvalue weighted by atomic mass is 16.5. The van der Waals surface area contributed by atoms with Crippen molar-refractivity contribution in [2.24, 2.45) is 11.1 Å². The highest BCUT2D eigenvalue weighted by molar-refractivity contribution is 6.02. The third kappa shape index (κ3) is 2.33. The topological polar surface area (TPSA) is 52.3 Å². The van der Waals surface area contributed by atoms with Gasteiger partial charge < -0.3 is 10.5 Å². The van der Waals surface area contributed by atoms with Gasteiger partial charge in [0.05, 0.1) is 5.41 Å². The van der Waals surface area contributed by atoms with E-state index in [0.29, 0.717) is 19.8 Å². The Balaban J connectivity index is 2.36. The van der Waals surface area contributed by atoms with E-state index in [1.807, 2.05) is 32.0 Å². The van der Waals surface area contributed by atoms with Crippen molar-refractivity contribution in [1.82, 2.24) is 0 Å². The van der Waals surface area contributed by atoms with Crippen LogP contribution in [0.15, 0.2) is 18.2 Å². The summed E-state index contributed by atoms with van der Waals surface area (Å²) in [5.41, 5.74) is 8.44. The third-order valence-corrected chi connectivity index (χ3v) is 3.96. The molecule has 0 spiro atoms. The van der Waals surface area contributed by atoms with Crippen molar-refractivity contribution in [3.63, 3.8) is 0 Å². The molecular formula is C15H21NO2. The first-order chi connectivity index (χ1) is 8.59. The van der Waals surface area contributed by atoms with Crippen LogP contribution in [0.25, 0.3) is 0 Å². The van der Waals surface area contributed by atoms with Crippen molar-refractivity contribution in [1.29, 1.82) is 0 Å². The Morgan fingerprint density at radius 1 is 1.33 bits per heavy atom. The minimum Gasteiger partial charge on any atom is -0.381 e. The lowest BCUT2D eigenvalue weighted by Crippen LogP contribution is -2.43. The van der Waals surface area contributed by atoms with E-state index in [4.69, 9.17) is 10.5 Å². The number of benzene rings is 1. The molecule has 1 aliphatic heterocycles.